The molecule has 2 rings (SSSR count). The van der Waals surface area contributed by atoms with Crippen molar-refractivity contribution in [3.05, 3.63) is 34.3 Å². The lowest BCUT2D eigenvalue weighted by Gasteiger charge is -2.26. The smallest absolute Gasteiger partial charge is 0.251 e. The molecule has 0 radical (unpaired) electrons. The molecular weight excluding hydrogens is 537 g/mol. The average Bonchev–Trinajstić information content (AvgIpc) is 2.68. The van der Waals surface area contributed by atoms with Gasteiger partial charge >= 0.3 is 0 Å². The SMILES string of the molecule is CCNC(=NCCCNC(=O)c1cccc(Br)c1)NCCN1CCOCC1.I. The molecule has 0 aliphatic carbocycles. The van der Waals surface area contributed by atoms with E-state index in [4.69, 9.17) is 4.74 Å². The number of benzene rings is 1. The van der Waals surface area contributed by atoms with E-state index in [1.165, 1.54) is 0 Å². The van der Waals surface area contributed by atoms with Crippen molar-refractivity contribution in [3.8, 4) is 0 Å². The highest BCUT2D eigenvalue weighted by Gasteiger charge is 2.09. The van der Waals surface area contributed by atoms with Crippen LogP contribution in [0.25, 0.3) is 0 Å². The summed E-state index contributed by atoms with van der Waals surface area (Å²) in [5, 5.41) is 9.55. The van der Waals surface area contributed by atoms with Crippen molar-refractivity contribution in [2.45, 2.75) is 13.3 Å². The largest absolute Gasteiger partial charge is 0.379 e. The molecule has 1 aromatic carbocycles. The average molecular weight is 568 g/mol. The fraction of sp³-hybridized carbons (Fsp3) is 0.579. The zero-order valence-electron chi connectivity index (χ0n) is 16.4. The van der Waals surface area contributed by atoms with E-state index < -0.39 is 0 Å². The molecule has 1 aromatic rings. The number of nitrogens with zero attached hydrogens (tertiary/aromatic N) is 2. The molecule has 0 aromatic heterocycles. The van der Waals surface area contributed by atoms with Crippen LogP contribution >= 0.6 is 39.9 Å². The number of ether oxygens (including phenoxy) is 1. The summed E-state index contributed by atoms with van der Waals surface area (Å²) in [5.41, 5.74) is 0.658. The van der Waals surface area contributed by atoms with Crippen LogP contribution in [0.5, 0.6) is 0 Å². The second kappa shape index (κ2) is 15.0. The number of amides is 1. The van der Waals surface area contributed by atoms with E-state index in [1.54, 1.807) is 6.07 Å². The van der Waals surface area contributed by atoms with Gasteiger partial charge in [0.25, 0.3) is 5.91 Å². The third kappa shape index (κ3) is 10.0. The van der Waals surface area contributed by atoms with Gasteiger partial charge in [-0.1, -0.05) is 22.0 Å². The van der Waals surface area contributed by atoms with E-state index >= 15 is 0 Å². The van der Waals surface area contributed by atoms with Gasteiger partial charge in [0.1, 0.15) is 0 Å². The number of halogens is 2. The molecule has 1 aliphatic heterocycles. The Balaban J connectivity index is 0.00000392. The Kier molecular flexibility index (Phi) is 13.5. The van der Waals surface area contributed by atoms with Crippen LogP contribution in [0, 0.1) is 0 Å². The van der Waals surface area contributed by atoms with E-state index in [9.17, 15) is 4.79 Å². The maximum atomic E-state index is 12.1. The number of rotatable bonds is 9. The van der Waals surface area contributed by atoms with Gasteiger partial charge in [-0.15, -0.1) is 24.0 Å². The predicted octanol–water partition coefficient (Wildman–Crippen LogP) is 2.07. The lowest BCUT2D eigenvalue weighted by atomic mass is 10.2. The minimum absolute atomic E-state index is 0. The normalized spacial score (nSPS) is 14.9. The Morgan fingerprint density at radius 2 is 2.00 bits per heavy atom. The summed E-state index contributed by atoms with van der Waals surface area (Å²) in [5.74, 6) is 0.764. The van der Waals surface area contributed by atoms with E-state index in [0.29, 0.717) is 18.7 Å². The van der Waals surface area contributed by atoms with Gasteiger partial charge in [0.05, 0.1) is 13.2 Å². The van der Waals surface area contributed by atoms with Gasteiger partial charge in [0.15, 0.2) is 5.96 Å². The molecule has 0 atom stereocenters. The lowest BCUT2D eigenvalue weighted by Crippen LogP contribution is -2.44. The molecule has 1 saturated heterocycles. The molecule has 1 aliphatic rings. The molecule has 0 saturated carbocycles. The Morgan fingerprint density at radius 3 is 2.71 bits per heavy atom. The first-order valence-corrected chi connectivity index (χ1v) is 10.3. The predicted molar refractivity (Wildman–Crippen MR) is 128 cm³/mol. The summed E-state index contributed by atoms with van der Waals surface area (Å²) in [6, 6.07) is 7.38. The zero-order valence-corrected chi connectivity index (χ0v) is 20.3. The minimum atomic E-state index is -0.0594. The summed E-state index contributed by atoms with van der Waals surface area (Å²) in [6.45, 7) is 9.59. The van der Waals surface area contributed by atoms with Gasteiger partial charge in [-0.05, 0) is 31.5 Å². The van der Waals surface area contributed by atoms with Crippen molar-refractivity contribution < 1.29 is 9.53 Å². The Morgan fingerprint density at radius 1 is 1.21 bits per heavy atom. The maximum absolute atomic E-state index is 12.1. The summed E-state index contributed by atoms with van der Waals surface area (Å²) in [6.07, 6.45) is 0.791. The molecule has 3 N–H and O–H groups in total. The van der Waals surface area contributed by atoms with E-state index in [-0.39, 0.29) is 29.9 Å². The standard InChI is InChI=1S/C19H30BrN5O2.HI/c1-2-21-19(24-9-10-25-11-13-27-14-12-25)23-8-4-7-22-18(26)16-5-3-6-17(20)15-16;/h3,5-6,15H,2,4,7-14H2,1H3,(H,22,26)(H2,21,23,24);1H. The number of nitrogens with one attached hydrogen (secondary N) is 3. The van der Waals surface area contributed by atoms with Crippen molar-refractivity contribution in [2.24, 2.45) is 4.99 Å². The van der Waals surface area contributed by atoms with Gasteiger partial charge in [-0.25, -0.2) is 0 Å². The van der Waals surface area contributed by atoms with Crippen LogP contribution in [-0.4, -0.2) is 75.8 Å². The number of hydrogen-bond acceptors (Lipinski definition) is 4. The fourth-order valence-electron chi connectivity index (χ4n) is 2.70. The van der Waals surface area contributed by atoms with Gasteiger partial charge in [-0.2, -0.15) is 0 Å². The second-order valence-corrected chi connectivity index (χ2v) is 7.18. The zero-order chi connectivity index (χ0) is 19.3. The molecule has 158 valence electrons. The molecule has 7 nitrogen and oxygen atoms in total. The molecule has 28 heavy (non-hydrogen) atoms. The highest BCUT2D eigenvalue weighted by atomic mass is 127. The summed E-state index contributed by atoms with van der Waals surface area (Å²) >= 11 is 3.38. The minimum Gasteiger partial charge on any atom is -0.379 e. The van der Waals surface area contributed by atoms with Crippen molar-refractivity contribution in [2.75, 3.05) is 59.0 Å². The fourth-order valence-corrected chi connectivity index (χ4v) is 3.10. The first kappa shape index (κ1) is 25.1. The number of morpholine rings is 1. The molecule has 1 heterocycles. The Labute approximate surface area is 193 Å². The van der Waals surface area contributed by atoms with Crippen molar-refractivity contribution in [3.63, 3.8) is 0 Å². The number of carbonyl (C=O) groups excluding carboxylic acids is 1. The van der Waals surface area contributed by atoms with Crippen LogP contribution in [0.2, 0.25) is 0 Å². The van der Waals surface area contributed by atoms with Crippen LogP contribution in [0.15, 0.2) is 33.7 Å². The number of aliphatic imine (C=N–C) groups is 1. The Hall–Kier alpha value is -0.910. The van der Waals surface area contributed by atoms with Crippen molar-refractivity contribution >= 4 is 51.8 Å². The van der Waals surface area contributed by atoms with Gasteiger partial charge in [0, 0.05) is 55.8 Å². The topological polar surface area (TPSA) is 78.0 Å². The van der Waals surface area contributed by atoms with Crippen molar-refractivity contribution in [1.82, 2.24) is 20.9 Å². The third-order valence-electron chi connectivity index (χ3n) is 4.15. The van der Waals surface area contributed by atoms with E-state index in [0.717, 1.165) is 62.8 Å². The first-order valence-electron chi connectivity index (χ1n) is 9.55. The molecular formula is C19H31BrIN5O2. The lowest BCUT2D eigenvalue weighted by molar-refractivity contribution is 0.0389. The third-order valence-corrected chi connectivity index (χ3v) is 4.64. The highest BCUT2D eigenvalue weighted by molar-refractivity contribution is 14.0. The van der Waals surface area contributed by atoms with Gasteiger partial charge in [-0.3, -0.25) is 14.7 Å². The van der Waals surface area contributed by atoms with Crippen molar-refractivity contribution in [1.29, 1.82) is 0 Å². The molecule has 0 spiro atoms. The summed E-state index contributed by atoms with van der Waals surface area (Å²) in [7, 11) is 0. The highest BCUT2D eigenvalue weighted by Crippen LogP contribution is 2.11. The second-order valence-electron chi connectivity index (χ2n) is 6.26. The summed E-state index contributed by atoms with van der Waals surface area (Å²) in [4.78, 5) is 19.0. The molecule has 1 fully saturated rings. The molecule has 1 amide bonds. The molecule has 0 unspecified atom stereocenters. The van der Waals surface area contributed by atoms with E-state index in [2.05, 4.69) is 48.7 Å². The maximum Gasteiger partial charge on any atom is 0.251 e. The monoisotopic (exact) mass is 567 g/mol. The van der Waals surface area contributed by atoms with Crippen LogP contribution < -0.4 is 16.0 Å². The summed E-state index contributed by atoms with van der Waals surface area (Å²) < 4.78 is 6.26. The van der Waals surface area contributed by atoms with Crippen LogP contribution in [0.4, 0.5) is 0 Å². The molecule has 0 bridgehead atoms. The number of hydrogen-bond donors (Lipinski definition) is 3. The Bertz CT molecular complexity index is 612. The quantitative estimate of drug-likeness (QED) is 0.184. The van der Waals surface area contributed by atoms with Crippen LogP contribution in [-0.2, 0) is 4.74 Å². The van der Waals surface area contributed by atoms with E-state index in [1.807, 2.05) is 18.2 Å². The number of carbonyl (C=O) groups is 1. The van der Waals surface area contributed by atoms with Gasteiger partial charge < -0.3 is 20.7 Å². The first-order chi connectivity index (χ1) is 13.2. The molecule has 9 heteroatoms. The van der Waals surface area contributed by atoms with Crippen LogP contribution in [0.3, 0.4) is 0 Å². The number of guanidine groups is 1. The van der Waals surface area contributed by atoms with Crippen LogP contribution in [0.1, 0.15) is 23.7 Å². The van der Waals surface area contributed by atoms with Gasteiger partial charge in [0.2, 0.25) is 0 Å².